The number of benzene rings is 1. The Morgan fingerprint density at radius 1 is 1.19 bits per heavy atom. The number of ether oxygens (including phenoxy) is 1. The van der Waals surface area contributed by atoms with Gasteiger partial charge in [0, 0.05) is 18.0 Å². The Morgan fingerprint density at radius 2 is 1.91 bits per heavy atom. The highest BCUT2D eigenvalue weighted by atomic mass is 32.2. The van der Waals surface area contributed by atoms with Crippen LogP contribution in [0.5, 0.6) is 0 Å². The maximum Gasteiger partial charge on any atom is 0.338 e. The highest BCUT2D eigenvalue weighted by Crippen LogP contribution is 2.26. The monoisotopic (exact) mass is 475 g/mol. The standard InChI is InChI=1S/C22H25N3O5S2/c1-14-15(2)31-21-19(14)20(26)23-18(24-21)13-30-22(27)16-8-7-9-17(12-16)32(28,29)25-10-5-3-4-6-11-25/h7-9,12H,3-6,10-11,13H2,1-2H3,(H,23,24,26). The topological polar surface area (TPSA) is 109 Å². The van der Waals surface area contributed by atoms with Crippen LogP contribution in [0.25, 0.3) is 10.2 Å². The van der Waals surface area contributed by atoms with Gasteiger partial charge in [-0.05, 0) is 50.5 Å². The van der Waals surface area contributed by atoms with E-state index in [2.05, 4.69) is 9.97 Å². The Morgan fingerprint density at radius 3 is 2.62 bits per heavy atom. The van der Waals surface area contributed by atoms with Crippen LogP contribution >= 0.6 is 11.3 Å². The van der Waals surface area contributed by atoms with Gasteiger partial charge in [-0.15, -0.1) is 11.3 Å². The van der Waals surface area contributed by atoms with Gasteiger partial charge in [0.1, 0.15) is 17.3 Å². The van der Waals surface area contributed by atoms with Crippen molar-refractivity contribution in [1.82, 2.24) is 14.3 Å². The summed E-state index contributed by atoms with van der Waals surface area (Å²) in [5.41, 5.74) is 0.755. The predicted octanol–water partition coefficient (Wildman–Crippen LogP) is 3.52. The zero-order valence-electron chi connectivity index (χ0n) is 18.0. The molecule has 1 aliphatic heterocycles. The molecular weight excluding hydrogens is 450 g/mol. The van der Waals surface area contributed by atoms with Gasteiger partial charge < -0.3 is 9.72 Å². The molecule has 0 radical (unpaired) electrons. The molecule has 10 heteroatoms. The summed E-state index contributed by atoms with van der Waals surface area (Å²) in [6.45, 7) is 4.55. The molecule has 0 atom stereocenters. The molecule has 1 aromatic carbocycles. The number of H-pyrrole nitrogens is 1. The van der Waals surface area contributed by atoms with Crippen molar-refractivity contribution < 1.29 is 17.9 Å². The van der Waals surface area contributed by atoms with E-state index in [0.29, 0.717) is 23.3 Å². The van der Waals surface area contributed by atoms with Crippen molar-refractivity contribution in [3.05, 3.63) is 56.4 Å². The van der Waals surface area contributed by atoms with Gasteiger partial charge in [-0.3, -0.25) is 4.79 Å². The Labute approximate surface area is 190 Å². The number of sulfonamides is 1. The number of thiophene rings is 1. The normalized spacial score (nSPS) is 15.6. The van der Waals surface area contributed by atoms with E-state index >= 15 is 0 Å². The summed E-state index contributed by atoms with van der Waals surface area (Å²) in [6, 6.07) is 5.87. The molecule has 32 heavy (non-hydrogen) atoms. The summed E-state index contributed by atoms with van der Waals surface area (Å²) in [5.74, 6) is -0.440. The van der Waals surface area contributed by atoms with E-state index in [1.54, 1.807) is 0 Å². The summed E-state index contributed by atoms with van der Waals surface area (Å²) in [4.78, 5) is 33.7. The van der Waals surface area contributed by atoms with Gasteiger partial charge in [-0.1, -0.05) is 18.9 Å². The Kier molecular flexibility index (Phi) is 6.45. The van der Waals surface area contributed by atoms with Crippen LogP contribution in [0.15, 0.2) is 34.0 Å². The van der Waals surface area contributed by atoms with E-state index in [9.17, 15) is 18.0 Å². The fourth-order valence-electron chi connectivity index (χ4n) is 3.80. The van der Waals surface area contributed by atoms with E-state index in [0.717, 1.165) is 36.1 Å². The number of fused-ring (bicyclic) bond motifs is 1. The fraction of sp³-hybridized carbons (Fsp3) is 0.409. The van der Waals surface area contributed by atoms with Crippen molar-refractivity contribution in [2.24, 2.45) is 0 Å². The second kappa shape index (κ2) is 9.13. The van der Waals surface area contributed by atoms with Crippen molar-refractivity contribution in [3.63, 3.8) is 0 Å². The van der Waals surface area contributed by atoms with Gasteiger partial charge in [0.25, 0.3) is 5.56 Å². The molecular formula is C22H25N3O5S2. The number of esters is 1. The number of carbonyl (C=O) groups is 1. The number of nitrogens with one attached hydrogen (secondary N) is 1. The molecule has 1 aliphatic rings. The highest BCUT2D eigenvalue weighted by molar-refractivity contribution is 7.89. The maximum absolute atomic E-state index is 13.0. The number of hydrogen-bond donors (Lipinski definition) is 1. The first-order chi connectivity index (χ1) is 15.3. The minimum absolute atomic E-state index is 0.0753. The summed E-state index contributed by atoms with van der Waals surface area (Å²) < 4.78 is 32.8. The van der Waals surface area contributed by atoms with Crippen molar-refractivity contribution in [3.8, 4) is 0 Å². The zero-order valence-corrected chi connectivity index (χ0v) is 19.6. The Balaban J connectivity index is 1.51. The smallest absolute Gasteiger partial charge is 0.338 e. The fourth-order valence-corrected chi connectivity index (χ4v) is 6.41. The molecule has 0 saturated carbocycles. The molecule has 4 rings (SSSR count). The van der Waals surface area contributed by atoms with Gasteiger partial charge >= 0.3 is 5.97 Å². The first kappa shape index (κ1) is 22.6. The number of nitrogens with zero attached hydrogens (tertiary/aromatic N) is 2. The van der Waals surface area contributed by atoms with Gasteiger partial charge in [-0.25, -0.2) is 18.2 Å². The summed E-state index contributed by atoms with van der Waals surface area (Å²) in [6.07, 6.45) is 3.70. The van der Waals surface area contributed by atoms with E-state index in [4.69, 9.17) is 4.74 Å². The molecule has 0 spiro atoms. The second-order valence-electron chi connectivity index (χ2n) is 7.90. The van der Waals surface area contributed by atoms with Crippen molar-refractivity contribution in [1.29, 1.82) is 0 Å². The van der Waals surface area contributed by atoms with Crippen LogP contribution in [0.3, 0.4) is 0 Å². The lowest BCUT2D eigenvalue weighted by atomic mass is 10.2. The van der Waals surface area contributed by atoms with Gasteiger partial charge in [0.2, 0.25) is 10.0 Å². The number of hydrogen-bond acceptors (Lipinski definition) is 7. The Hall–Kier alpha value is -2.56. The van der Waals surface area contributed by atoms with Crippen LogP contribution in [-0.2, 0) is 21.4 Å². The lowest BCUT2D eigenvalue weighted by Crippen LogP contribution is -2.32. The maximum atomic E-state index is 13.0. The number of aromatic amines is 1. The molecule has 8 nitrogen and oxygen atoms in total. The molecule has 170 valence electrons. The number of rotatable bonds is 5. The van der Waals surface area contributed by atoms with E-state index in [-0.39, 0.29) is 28.4 Å². The quantitative estimate of drug-likeness (QED) is 0.566. The van der Waals surface area contributed by atoms with Crippen LogP contribution in [-0.4, -0.2) is 41.7 Å². The molecule has 1 N–H and O–H groups in total. The van der Waals surface area contributed by atoms with Crippen molar-refractivity contribution in [2.45, 2.75) is 51.0 Å². The number of carbonyl (C=O) groups excluding carboxylic acids is 1. The molecule has 0 amide bonds. The average Bonchev–Trinajstić information content (AvgIpc) is 2.95. The van der Waals surface area contributed by atoms with Gasteiger partial charge in [-0.2, -0.15) is 4.31 Å². The molecule has 2 aromatic heterocycles. The summed E-state index contributed by atoms with van der Waals surface area (Å²) in [7, 11) is -3.67. The zero-order chi connectivity index (χ0) is 22.9. The van der Waals surface area contributed by atoms with Gasteiger partial charge in [0.05, 0.1) is 15.8 Å². The molecule has 1 saturated heterocycles. The van der Waals surface area contributed by atoms with E-state index in [1.165, 1.54) is 39.9 Å². The third-order valence-corrected chi connectivity index (χ3v) is 8.70. The predicted molar refractivity (Wildman–Crippen MR) is 123 cm³/mol. The first-order valence-corrected chi connectivity index (χ1v) is 12.8. The largest absolute Gasteiger partial charge is 0.454 e. The Bertz CT molecular complexity index is 1320. The number of aryl methyl sites for hydroxylation is 2. The molecule has 0 aliphatic carbocycles. The van der Waals surface area contributed by atoms with Crippen LogP contribution in [0.1, 0.15) is 52.3 Å². The first-order valence-electron chi connectivity index (χ1n) is 10.5. The SMILES string of the molecule is Cc1sc2nc(COC(=O)c3cccc(S(=O)(=O)N4CCCCCC4)c3)[nH]c(=O)c2c1C. The third kappa shape index (κ3) is 4.48. The van der Waals surface area contributed by atoms with E-state index < -0.39 is 16.0 Å². The lowest BCUT2D eigenvalue weighted by molar-refractivity contribution is 0.0462. The molecule has 0 unspecified atom stereocenters. The summed E-state index contributed by atoms with van der Waals surface area (Å²) >= 11 is 1.41. The van der Waals surface area contributed by atoms with Crippen LogP contribution in [0.2, 0.25) is 0 Å². The minimum atomic E-state index is -3.67. The third-order valence-electron chi connectivity index (χ3n) is 5.70. The van der Waals surface area contributed by atoms with E-state index in [1.807, 2.05) is 13.8 Å². The van der Waals surface area contributed by atoms with Crippen molar-refractivity contribution in [2.75, 3.05) is 13.1 Å². The molecule has 1 fully saturated rings. The lowest BCUT2D eigenvalue weighted by Gasteiger charge is -2.20. The minimum Gasteiger partial charge on any atom is -0.454 e. The average molecular weight is 476 g/mol. The molecule has 3 heterocycles. The molecule has 3 aromatic rings. The van der Waals surface area contributed by atoms with Gasteiger partial charge in [0.15, 0.2) is 0 Å². The number of aromatic nitrogens is 2. The van der Waals surface area contributed by atoms with Crippen LogP contribution in [0, 0.1) is 13.8 Å². The van der Waals surface area contributed by atoms with Crippen LogP contribution < -0.4 is 5.56 Å². The summed E-state index contributed by atoms with van der Waals surface area (Å²) in [5, 5.41) is 0.550. The second-order valence-corrected chi connectivity index (χ2v) is 11.0. The molecule has 0 bridgehead atoms. The van der Waals surface area contributed by atoms with Crippen molar-refractivity contribution >= 4 is 37.5 Å². The van der Waals surface area contributed by atoms with Crippen LogP contribution in [0.4, 0.5) is 0 Å². The highest BCUT2D eigenvalue weighted by Gasteiger charge is 2.26.